The standard InChI is InChI=1S/C37H48FN10O10PS2Si/c1-18(2)31(51)45-36-44-30-24(33(53)46-36)42-17-48(30)35-27(26(21(13-49)61-35)58-62(6,7)37(3,4)5)57-59(54,60)55-14-20-25(50)22(38)34(56-20)47-16-41-23-28(39-15-40-29(23)47)43-32(52)19-11-9-8-10-12-19/h8-12,15-18,20-22,25-27,34-35,49-50H,13-14H2,1-7H3,(H,54,60)(H,39,40,43,52)(H2,44,45,46,51,53)/t20-,21-,22+,25-,26-,27-,34-,35-,59?/m1/s1. The highest BCUT2D eigenvalue weighted by Gasteiger charge is 2.53. The number of aromatic nitrogens is 8. The van der Waals surface area contributed by atoms with E-state index in [1.807, 2.05) is 33.9 Å². The minimum Gasteiger partial charge on any atom is -0.410 e. The van der Waals surface area contributed by atoms with Crippen LogP contribution < -0.4 is 16.2 Å². The van der Waals surface area contributed by atoms with Gasteiger partial charge in [-0.3, -0.25) is 38.3 Å². The van der Waals surface area contributed by atoms with Gasteiger partial charge < -0.3 is 34.1 Å². The van der Waals surface area contributed by atoms with Gasteiger partial charge in [0.2, 0.25) is 11.9 Å². The Kier molecular flexibility index (Phi) is 13.2. The molecule has 1 unspecified atom stereocenters. The lowest BCUT2D eigenvalue weighted by Crippen LogP contribution is -2.50. The zero-order valence-corrected chi connectivity index (χ0v) is 38.2. The number of H-pyrrole nitrogens is 1. The van der Waals surface area contributed by atoms with E-state index in [4.69, 9.17) is 30.0 Å². The summed E-state index contributed by atoms with van der Waals surface area (Å²) in [6.07, 6.45) is -4.89. The summed E-state index contributed by atoms with van der Waals surface area (Å²) in [5.41, 5.74) is 0.0243. The predicted octanol–water partition coefficient (Wildman–Crippen LogP) is 4.02. The number of amides is 2. The summed E-state index contributed by atoms with van der Waals surface area (Å²) in [6.45, 7) is 8.18. The Hall–Kier alpha value is -4.07. The Labute approximate surface area is 364 Å². The maximum absolute atomic E-state index is 15.9. The van der Waals surface area contributed by atoms with Crippen molar-refractivity contribution in [3.8, 4) is 0 Å². The number of aromatic amines is 1. The molecule has 4 aromatic heterocycles. The van der Waals surface area contributed by atoms with E-state index in [0.717, 1.165) is 0 Å². The molecule has 5 aromatic rings. The lowest BCUT2D eigenvalue weighted by atomic mass is 10.1. The topological polar surface area (TPSA) is 263 Å². The summed E-state index contributed by atoms with van der Waals surface area (Å²) in [4.78, 5) is 74.1. The van der Waals surface area contributed by atoms with E-state index in [1.165, 1.54) is 39.9 Å². The Balaban J connectivity index is 1.13. The zero-order chi connectivity index (χ0) is 44.9. The molecule has 6 N–H and O–H groups in total. The summed E-state index contributed by atoms with van der Waals surface area (Å²) >= 11 is 6.76. The molecule has 1 aromatic carbocycles. The fourth-order valence-corrected chi connectivity index (χ4v) is 11.0. The van der Waals surface area contributed by atoms with E-state index in [0.29, 0.717) is 5.56 Å². The minimum absolute atomic E-state index is 0.0473. The molecule has 2 fully saturated rings. The second kappa shape index (κ2) is 17.8. The van der Waals surface area contributed by atoms with Crippen LogP contribution >= 0.6 is 18.5 Å². The monoisotopic (exact) mass is 934 g/mol. The Morgan fingerprint density at radius 3 is 2.44 bits per heavy atom. The number of ether oxygens (including phenoxy) is 1. The molecule has 334 valence electrons. The molecule has 0 bridgehead atoms. The summed E-state index contributed by atoms with van der Waals surface area (Å²) in [7, 11) is -2.62. The summed E-state index contributed by atoms with van der Waals surface area (Å²) in [6, 6.07) is 8.44. The molecule has 7 rings (SSSR count). The number of hydrogen-bond donors (Lipinski definition) is 6. The van der Waals surface area contributed by atoms with E-state index in [2.05, 4.69) is 40.5 Å². The molecule has 9 atom stereocenters. The van der Waals surface area contributed by atoms with Crippen LogP contribution in [-0.2, 0) is 34.8 Å². The molecule has 62 heavy (non-hydrogen) atoms. The highest BCUT2D eigenvalue weighted by atomic mass is 32.5. The minimum atomic E-state index is -4.33. The molecule has 6 heterocycles. The number of rotatable bonds is 14. The molecule has 2 saturated heterocycles. The van der Waals surface area contributed by atoms with E-state index < -0.39 is 86.5 Å². The lowest BCUT2D eigenvalue weighted by molar-refractivity contribution is -0.118. The third-order valence-corrected chi connectivity index (χ3v) is 18.6. The molecular formula is C37H48FN10O10PS2Si. The van der Waals surface area contributed by atoms with Gasteiger partial charge in [-0.1, -0.05) is 52.8 Å². The summed E-state index contributed by atoms with van der Waals surface area (Å²) in [5.74, 6) is -1.29. The van der Waals surface area contributed by atoms with Gasteiger partial charge in [0, 0.05) is 11.5 Å². The number of carbonyl (C=O) groups excluding carboxylic acids is 2. The van der Waals surface area contributed by atoms with Gasteiger partial charge in [-0.25, -0.2) is 24.3 Å². The first kappa shape index (κ1) is 45.9. The smallest absolute Gasteiger partial charge is 0.325 e. The van der Waals surface area contributed by atoms with E-state index >= 15 is 4.39 Å². The fraction of sp³-hybridized carbons (Fsp3) is 0.514. The van der Waals surface area contributed by atoms with Crippen LogP contribution in [0.1, 0.15) is 56.6 Å². The van der Waals surface area contributed by atoms with Crippen LogP contribution in [0.2, 0.25) is 18.1 Å². The van der Waals surface area contributed by atoms with Crippen LogP contribution in [-0.4, -0.2) is 123 Å². The molecular weight excluding hydrogens is 887 g/mol. The van der Waals surface area contributed by atoms with E-state index in [-0.39, 0.29) is 51.6 Å². The van der Waals surface area contributed by atoms with Crippen LogP contribution in [0, 0.1) is 5.92 Å². The fourth-order valence-electron chi connectivity index (χ4n) is 6.60. The number of nitrogens with one attached hydrogen (secondary N) is 3. The number of aliphatic hydroxyl groups is 2. The van der Waals surface area contributed by atoms with Gasteiger partial charge in [-0.05, 0) is 42.1 Å². The van der Waals surface area contributed by atoms with Crippen molar-refractivity contribution in [1.29, 1.82) is 0 Å². The van der Waals surface area contributed by atoms with Crippen LogP contribution in [0.5, 0.6) is 0 Å². The van der Waals surface area contributed by atoms with E-state index in [9.17, 15) is 29.5 Å². The molecule has 0 saturated carbocycles. The summed E-state index contributed by atoms with van der Waals surface area (Å²) in [5, 5.41) is 25.2. The predicted molar refractivity (Wildman–Crippen MR) is 233 cm³/mol. The zero-order valence-electron chi connectivity index (χ0n) is 34.7. The maximum atomic E-state index is 15.9. The normalized spacial score (nSPS) is 25.4. The highest BCUT2D eigenvalue weighted by Crippen LogP contribution is 2.56. The van der Waals surface area contributed by atoms with Gasteiger partial charge in [0.25, 0.3) is 11.5 Å². The second-order valence-corrected chi connectivity index (χ2v) is 25.6. The van der Waals surface area contributed by atoms with Gasteiger partial charge in [0.15, 0.2) is 48.9 Å². The van der Waals surface area contributed by atoms with Crippen molar-refractivity contribution in [3.63, 3.8) is 0 Å². The second-order valence-electron chi connectivity index (χ2n) is 16.7. The average molecular weight is 935 g/mol. The van der Waals surface area contributed by atoms with Gasteiger partial charge in [-0.15, -0.1) is 11.8 Å². The summed E-state index contributed by atoms with van der Waals surface area (Å²) < 4.78 is 43.5. The van der Waals surface area contributed by atoms with E-state index in [1.54, 1.807) is 44.2 Å². The average Bonchev–Trinajstić information content (AvgIpc) is 3.98. The van der Waals surface area contributed by atoms with Crippen molar-refractivity contribution >= 4 is 84.5 Å². The molecule has 2 aliphatic heterocycles. The number of hydrogen-bond acceptors (Lipinski definition) is 16. The number of nitrogens with zero attached hydrogens (tertiary/aromatic N) is 7. The molecule has 25 heteroatoms. The van der Waals surface area contributed by atoms with Crippen LogP contribution in [0.15, 0.2) is 54.1 Å². The van der Waals surface area contributed by atoms with Crippen molar-refractivity contribution in [2.45, 2.75) is 100 Å². The van der Waals surface area contributed by atoms with Crippen molar-refractivity contribution in [2.75, 3.05) is 23.8 Å². The number of aliphatic hydroxyl groups excluding tert-OH is 2. The largest absolute Gasteiger partial charge is 0.410 e. The third kappa shape index (κ3) is 9.27. The SMILES string of the molecule is CC(C)C(=O)Nc1nc2c(ncn2[C@@H]2S[C@H](CO)[C@@H](O[Si](C)(C)C(C)(C)C)[C@H]2OP(O)(=S)OC[C@H]2O[C@@H](n3cnc4c(NC(=O)c5ccccc5)ncnc43)[C@@H](F)[C@@H]2O)c(=O)[nH]1. The number of fused-ring (bicyclic) bond motifs is 2. The number of imidazole rings is 2. The first-order valence-electron chi connectivity index (χ1n) is 19.6. The van der Waals surface area contributed by atoms with Gasteiger partial charge >= 0.3 is 6.72 Å². The first-order chi connectivity index (χ1) is 29.2. The molecule has 2 aliphatic rings. The Morgan fingerprint density at radius 2 is 1.76 bits per heavy atom. The van der Waals surface area contributed by atoms with Crippen molar-refractivity contribution in [3.05, 3.63) is 65.2 Å². The van der Waals surface area contributed by atoms with Gasteiger partial charge in [-0.2, -0.15) is 4.98 Å². The van der Waals surface area contributed by atoms with Crippen molar-refractivity contribution in [1.82, 2.24) is 39.0 Å². The molecule has 0 spiro atoms. The van der Waals surface area contributed by atoms with Gasteiger partial charge in [0.05, 0.1) is 37.2 Å². The first-order valence-corrected chi connectivity index (χ1v) is 26.0. The quantitative estimate of drug-likeness (QED) is 0.0679. The Morgan fingerprint density at radius 1 is 1.06 bits per heavy atom. The number of anilines is 2. The number of benzene rings is 1. The number of halogens is 1. The van der Waals surface area contributed by atoms with Crippen LogP contribution in [0.25, 0.3) is 22.3 Å². The number of alkyl halides is 1. The van der Waals surface area contributed by atoms with Crippen LogP contribution in [0.4, 0.5) is 16.2 Å². The Bertz CT molecular complexity index is 2560. The number of thioether (sulfide) groups is 1. The third-order valence-electron chi connectivity index (χ3n) is 11.0. The lowest BCUT2D eigenvalue weighted by Gasteiger charge is -2.41. The van der Waals surface area contributed by atoms with Gasteiger partial charge in [0.1, 0.15) is 30.0 Å². The highest BCUT2D eigenvalue weighted by molar-refractivity contribution is 8.07. The maximum Gasteiger partial charge on any atom is 0.325 e. The molecule has 0 aliphatic carbocycles. The molecule has 20 nitrogen and oxygen atoms in total. The molecule has 0 radical (unpaired) electrons. The van der Waals surface area contributed by atoms with Crippen molar-refractivity contribution < 1.29 is 47.3 Å². The number of carbonyl (C=O) groups is 2. The van der Waals surface area contributed by atoms with Crippen molar-refractivity contribution in [2.24, 2.45) is 5.92 Å². The molecule has 2 amide bonds. The van der Waals surface area contributed by atoms with Crippen LogP contribution in [0.3, 0.4) is 0 Å².